The number of Topliss-reactive ketones (excluding diaryl/α,β-unsaturated/α-hetero) is 2. The van der Waals surface area contributed by atoms with Gasteiger partial charge in [-0.2, -0.15) is 0 Å². The van der Waals surface area contributed by atoms with Gasteiger partial charge in [-0.05, 0) is 12.1 Å². The number of rotatable bonds is 4. The van der Waals surface area contributed by atoms with Gasteiger partial charge in [0.15, 0.2) is 5.78 Å². The molecule has 5 nitrogen and oxygen atoms in total. The minimum atomic E-state index is -1.26. The lowest BCUT2D eigenvalue weighted by atomic mass is 10.1. The Morgan fingerprint density at radius 2 is 1.75 bits per heavy atom. The van der Waals surface area contributed by atoms with Crippen molar-refractivity contribution in [2.45, 2.75) is 11.0 Å². The zero-order valence-corrected chi connectivity index (χ0v) is 9.57. The van der Waals surface area contributed by atoms with Crippen LogP contribution in [0.3, 0.4) is 0 Å². The predicted molar refractivity (Wildman–Crippen MR) is 60.6 cm³/mol. The Balaban J connectivity index is 3.20. The number of alkyl halides is 2. The van der Waals surface area contributed by atoms with Crippen molar-refractivity contribution in [3.8, 4) is 0 Å². The highest BCUT2D eigenvalue weighted by molar-refractivity contribution is 6.36. The van der Waals surface area contributed by atoms with Crippen LogP contribution in [0, 0.1) is 0 Å². The molecular weight excluding hydrogens is 253 g/mol. The number of pyridine rings is 1. The van der Waals surface area contributed by atoms with Crippen molar-refractivity contribution in [2.75, 3.05) is 0 Å². The average Bonchev–Trinajstić information content (AvgIpc) is 2.26. The largest absolute Gasteiger partial charge is 0.309 e. The Morgan fingerprint density at radius 1 is 1.19 bits per heavy atom. The number of halogens is 2. The number of nitrogens with zero attached hydrogens (tertiary/aromatic N) is 1. The van der Waals surface area contributed by atoms with E-state index in [1.807, 2.05) is 0 Å². The van der Waals surface area contributed by atoms with E-state index in [9.17, 15) is 9.59 Å². The van der Waals surface area contributed by atoms with Crippen LogP contribution in [0.4, 0.5) is 0 Å². The van der Waals surface area contributed by atoms with Crippen LogP contribution in [-0.4, -0.2) is 27.6 Å². The molecule has 2 unspecified atom stereocenters. The number of ketones is 2. The Hall–Kier alpha value is -1.01. The lowest BCUT2D eigenvalue weighted by molar-refractivity contribution is 0.0952. The van der Waals surface area contributed by atoms with E-state index < -0.39 is 22.6 Å². The second-order valence-electron chi connectivity index (χ2n) is 2.93. The molecule has 1 rings (SSSR count). The van der Waals surface area contributed by atoms with Crippen LogP contribution >= 0.6 is 23.2 Å². The monoisotopic (exact) mass is 261 g/mol. The summed E-state index contributed by atoms with van der Waals surface area (Å²) in [4.78, 5) is 26.9. The smallest absolute Gasteiger partial charge is 0.213 e. The molecule has 0 spiro atoms. The molecule has 86 valence electrons. The fourth-order valence-corrected chi connectivity index (χ4v) is 1.30. The third-order valence-corrected chi connectivity index (χ3v) is 2.20. The molecule has 0 radical (unpaired) electrons. The second kappa shape index (κ2) is 5.36. The zero-order chi connectivity index (χ0) is 12.3. The van der Waals surface area contributed by atoms with Gasteiger partial charge in [0.1, 0.15) is 16.7 Å². The lowest BCUT2D eigenvalue weighted by Crippen LogP contribution is -2.30. The van der Waals surface area contributed by atoms with Gasteiger partial charge in [0.25, 0.3) is 0 Å². The van der Waals surface area contributed by atoms with Gasteiger partial charge in [-0.15, -0.1) is 0 Å². The van der Waals surface area contributed by atoms with Crippen molar-refractivity contribution in [3.05, 3.63) is 29.6 Å². The molecule has 16 heavy (non-hydrogen) atoms. The molecule has 0 aliphatic rings. The predicted octanol–water partition coefficient (Wildman–Crippen LogP) is 0.494. The summed E-state index contributed by atoms with van der Waals surface area (Å²) in [7, 11) is 0. The highest BCUT2D eigenvalue weighted by Gasteiger charge is 2.24. The van der Waals surface area contributed by atoms with Crippen molar-refractivity contribution in [2.24, 2.45) is 11.5 Å². The first-order valence-corrected chi connectivity index (χ1v) is 5.15. The van der Waals surface area contributed by atoms with Crippen molar-refractivity contribution in [3.63, 3.8) is 0 Å². The highest BCUT2D eigenvalue weighted by Crippen LogP contribution is 2.12. The fraction of sp³-hybridized carbons (Fsp3) is 0.222. The Morgan fingerprint density at radius 3 is 2.25 bits per heavy atom. The summed E-state index contributed by atoms with van der Waals surface area (Å²) in [6.45, 7) is 0. The number of carbonyl (C=O) groups excluding carboxylic acids is 2. The molecular formula is C9H9Cl2N3O2. The third kappa shape index (κ3) is 2.76. The number of carbonyl (C=O) groups is 2. The van der Waals surface area contributed by atoms with Crippen molar-refractivity contribution >= 4 is 34.8 Å². The average molecular weight is 262 g/mol. The molecule has 0 aliphatic carbocycles. The Labute approximate surface area is 102 Å². The lowest BCUT2D eigenvalue weighted by Gasteiger charge is -2.08. The summed E-state index contributed by atoms with van der Waals surface area (Å²) in [6.07, 6.45) is 1.35. The SMILES string of the molecule is NC(Cl)C(=O)c1cccnc1C(=O)C(N)Cl. The molecule has 0 saturated heterocycles. The minimum Gasteiger partial charge on any atom is -0.309 e. The summed E-state index contributed by atoms with van der Waals surface area (Å²) in [5, 5.41) is 0. The van der Waals surface area contributed by atoms with Crippen molar-refractivity contribution < 1.29 is 9.59 Å². The zero-order valence-electron chi connectivity index (χ0n) is 8.06. The van der Waals surface area contributed by atoms with Gasteiger partial charge >= 0.3 is 0 Å². The molecule has 0 fully saturated rings. The summed E-state index contributed by atoms with van der Waals surface area (Å²) in [5.41, 5.74) is 7.85. The van der Waals surface area contributed by atoms with Crippen molar-refractivity contribution in [1.29, 1.82) is 0 Å². The third-order valence-electron chi connectivity index (χ3n) is 1.81. The first kappa shape index (κ1) is 13.1. The molecule has 1 aromatic rings. The fourth-order valence-electron chi connectivity index (χ4n) is 1.08. The van der Waals surface area contributed by atoms with Crippen molar-refractivity contribution in [1.82, 2.24) is 4.98 Å². The van der Waals surface area contributed by atoms with Crippen LogP contribution in [-0.2, 0) is 0 Å². The Kier molecular flexibility index (Phi) is 4.37. The molecule has 0 amide bonds. The first-order chi connectivity index (χ1) is 7.45. The van der Waals surface area contributed by atoms with E-state index in [0.29, 0.717) is 0 Å². The molecule has 7 heteroatoms. The van der Waals surface area contributed by atoms with E-state index in [2.05, 4.69) is 4.98 Å². The quantitative estimate of drug-likeness (QED) is 0.467. The van der Waals surface area contributed by atoms with Gasteiger partial charge in [0.05, 0.1) is 5.56 Å². The molecule has 0 saturated carbocycles. The van der Waals surface area contributed by atoms with Crippen LogP contribution in [0.1, 0.15) is 20.8 Å². The van der Waals surface area contributed by atoms with E-state index >= 15 is 0 Å². The van der Waals surface area contributed by atoms with Crippen LogP contribution in [0.2, 0.25) is 0 Å². The van der Waals surface area contributed by atoms with Gasteiger partial charge in [-0.3, -0.25) is 14.6 Å². The maximum absolute atomic E-state index is 11.6. The summed E-state index contributed by atoms with van der Waals surface area (Å²) in [6, 6.07) is 2.88. The molecule has 2 atom stereocenters. The minimum absolute atomic E-state index is 0.0195. The molecule has 1 heterocycles. The molecule has 0 aromatic carbocycles. The van der Waals surface area contributed by atoms with Gasteiger partial charge in [0, 0.05) is 6.20 Å². The molecule has 1 aromatic heterocycles. The molecule has 0 bridgehead atoms. The van der Waals surface area contributed by atoms with Gasteiger partial charge in [-0.1, -0.05) is 23.2 Å². The number of hydrogen-bond acceptors (Lipinski definition) is 5. The summed E-state index contributed by atoms with van der Waals surface area (Å²) >= 11 is 10.9. The van der Waals surface area contributed by atoms with Crippen LogP contribution in [0.15, 0.2) is 18.3 Å². The topological polar surface area (TPSA) is 99.1 Å². The Bertz CT molecular complexity index is 382. The van der Waals surface area contributed by atoms with Crippen LogP contribution < -0.4 is 11.5 Å². The maximum Gasteiger partial charge on any atom is 0.213 e. The number of nitrogens with two attached hydrogens (primary N) is 2. The van der Waals surface area contributed by atoms with E-state index in [0.717, 1.165) is 0 Å². The van der Waals surface area contributed by atoms with E-state index in [4.69, 9.17) is 34.7 Å². The van der Waals surface area contributed by atoms with Crippen LogP contribution in [0.5, 0.6) is 0 Å². The van der Waals surface area contributed by atoms with E-state index in [-0.39, 0.29) is 11.3 Å². The number of hydrogen-bond donors (Lipinski definition) is 2. The van der Waals surface area contributed by atoms with E-state index in [1.54, 1.807) is 0 Å². The first-order valence-electron chi connectivity index (χ1n) is 4.28. The van der Waals surface area contributed by atoms with Crippen LogP contribution in [0.25, 0.3) is 0 Å². The summed E-state index contributed by atoms with van der Waals surface area (Å²) < 4.78 is 0. The van der Waals surface area contributed by atoms with Gasteiger partial charge in [0.2, 0.25) is 5.78 Å². The summed E-state index contributed by atoms with van der Waals surface area (Å²) in [5.74, 6) is -1.25. The molecule has 0 aliphatic heterocycles. The standard InChI is InChI=1S/C9H9Cl2N3O2/c10-8(12)6(15)4-2-1-3-14-5(4)7(16)9(11)13/h1-3,8-9H,12-13H2. The normalized spacial score (nSPS) is 14.2. The molecule has 4 N–H and O–H groups in total. The maximum atomic E-state index is 11.6. The van der Waals surface area contributed by atoms with Gasteiger partial charge < -0.3 is 11.5 Å². The second-order valence-corrected chi connectivity index (χ2v) is 3.87. The number of aromatic nitrogens is 1. The van der Waals surface area contributed by atoms with E-state index in [1.165, 1.54) is 18.3 Å². The highest BCUT2D eigenvalue weighted by atomic mass is 35.5. The van der Waals surface area contributed by atoms with Gasteiger partial charge in [-0.25, -0.2) is 0 Å².